The third kappa shape index (κ3) is 2.64. The first kappa shape index (κ1) is 13.7. The molecule has 0 amide bonds. The van der Waals surface area contributed by atoms with Gasteiger partial charge in [0.05, 0.1) is 4.92 Å². The molecule has 7 nitrogen and oxygen atoms in total. The molecule has 21 heavy (non-hydrogen) atoms. The Morgan fingerprint density at radius 3 is 3.05 bits per heavy atom. The summed E-state index contributed by atoms with van der Waals surface area (Å²) in [5, 5.41) is 14.8. The zero-order valence-corrected chi connectivity index (χ0v) is 11.4. The van der Waals surface area contributed by atoms with E-state index in [-0.39, 0.29) is 11.6 Å². The number of nitro benzene ring substituents is 1. The van der Waals surface area contributed by atoms with E-state index in [1.165, 1.54) is 12.1 Å². The summed E-state index contributed by atoms with van der Waals surface area (Å²) < 4.78 is 5.35. The maximum Gasteiger partial charge on any atom is 0.270 e. The Kier molecular flexibility index (Phi) is 3.66. The van der Waals surface area contributed by atoms with Crippen molar-refractivity contribution in [2.45, 2.75) is 25.2 Å². The zero-order valence-electron chi connectivity index (χ0n) is 11.4. The number of rotatable bonds is 4. The zero-order chi connectivity index (χ0) is 14.8. The van der Waals surface area contributed by atoms with Crippen molar-refractivity contribution < 1.29 is 9.45 Å². The summed E-state index contributed by atoms with van der Waals surface area (Å²) in [5.41, 5.74) is 6.37. The molecule has 2 N–H and O–H groups in total. The normalized spacial score (nSPS) is 21.6. The molecular formula is C14H16N4O3. The standard InChI is InChI=1S/C14H16N4O3/c15-8-10-4-2-6-12(10)14-16-13(17-21-14)9-3-1-5-11(7-9)18(19)20/h1,3,5,7,10,12H,2,4,6,8,15H2. The second kappa shape index (κ2) is 5.61. The lowest BCUT2D eigenvalue weighted by molar-refractivity contribution is -0.384. The van der Waals surface area contributed by atoms with Gasteiger partial charge in [-0.2, -0.15) is 4.98 Å². The van der Waals surface area contributed by atoms with E-state index in [4.69, 9.17) is 10.3 Å². The van der Waals surface area contributed by atoms with Crippen molar-refractivity contribution >= 4 is 5.69 Å². The molecule has 1 heterocycles. The van der Waals surface area contributed by atoms with E-state index in [2.05, 4.69) is 10.1 Å². The molecule has 0 bridgehead atoms. The van der Waals surface area contributed by atoms with Crippen molar-refractivity contribution in [3.63, 3.8) is 0 Å². The maximum atomic E-state index is 10.8. The van der Waals surface area contributed by atoms with Crippen LogP contribution in [0.1, 0.15) is 31.1 Å². The van der Waals surface area contributed by atoms with E-state index in [1.54, 1.807) is 12.1 Å². The Morgan fingerprint density at radius 1 is 1.43 bits per heavy atom. The van der Waals surface area contributed by atoms with Crippen LogP contribution in [0.25, 0.3) is 11.4 Å². The molecule has 2 unspecified atom stereocenters. The van der Waals surface area contributed by atoms with Crippen molar-refractivity contribution in [2.75, 3.05) is 6.54 Å². The highest BCUT2D eigenvalue weighted by Gasteiger charge is 2.32. The van der Waals surface area contributed by atoms with Crippen molar-refractivity contribution in [3.05, 3.63) is 40.3 Å². The van der Waals surface area contributed by atoms with E-state index in [9.17, 15) is 10.1 Å². The molecule has 0 saturated heterocycles. The van der Waals surface area contributed by atoms with Crippen LogP contribution < -0.4 is 5.73 Å². The minimum absolute atomic E-state index is 0.0135. The van der Waals surface area contributed by atoms with Crippen LogP contribution in [0, 0.1) is 16.0 Å². The highest BCUT2D eigenvalue weighted by atomic mass is 16.6. The van der Waals surface area contributed by atoms with E-state index in [0.717, 1.165) is 19.3 Å². The van der Waals surface area contributed by atoms with Gasteiger partial charge in [-0.1, -0.05) is 23.7 Å². The monoisotopic (exact) mass is 288 g/mol. The molecular weight excluding hydrogens is 272 g/mol. The molecule has 1 aromatic heterocycles. The van der Waals surface area contributed by atoms with Crippen LogP contribution in [-0.2, 0) is 0 Å². The summed E-state index contributed by atoms with van der Waals surface area (Å²) in [7, 11) is 0. The second-order valence-electron chi connectivity index (χ2n) is 5.30. The fourth-order valence-electron chi connectivity index (χ4n) is 2.91. The van der Waals surface area contributed by atoms with E-state index in [1.807, 2.05) is 0 Å². The number of nitro groups is 1. The number of non-ortho nitro benzene ring substituents is 1. The van der Waals surface area contributed by atoms with E-state index < -0.39 is 4.92 Å². The van der Waals surface area contributed by atoms with Crippen LogP contribution in [0.2, 0.25) is 0 Å². The van der Waals surface area contributed by atoms with Crippen molar-refractivity contribution in [3.8, 4) is 11.4 Å². The average Bonchev–Trinajstić information content (AvgIpc) is 3.15. The smallest absolute Gasteiger partial charge is 0.270 e. The summed E-state index contributed by atoms with van der Waals surface area (Å²) in [6.07, 6.45) is 3.19. The van der Waals surface area contributed by atoms with Crippen LogP contribution in [0.15, 0.2) is 28.8 Å². The molecule has 0 radical (unpaired) electrons. The molecule has 1 aromatic carbocycles. The summed E-state index contributed by atoms with van der Waals surface area (Å²) in [4.78, 5) is 14.8. The third-order valence-corrected chi connectivity index (χ3v) is 4.04. The number of benzene rings is 1. The molecule has 3 rings (SSSR count). The Morgan fingerprint density at radius 2 is 2.29 bits per heavy atom. The minimum atomic E-state index is -0.439. The van der Waals surface area contributed by atoms with E-state index in [0.29, 0.717) is 29.7 Å². The van der Waals surface area contributed by atoms with Crippen LogP contribution in [0.5, 0.6) is 0 Å². The first-order chi connectivity index (χ1) is 10.2. The van der Waals surface area contributed by atoms with Crippen molar-refractivity contribution in [2.24, 2.45) is 11.7 Å². The molecule has 0 aliphatic heterocycles. The van der Waals surface area contributed by atoms with Gasteiger partial charge in [0, 0.05) is 23.6 Å². The van der Waals surface area contributed by atoms with Gasteiger partial charge < -0.3 is 10.3 Å². The van der Waals surface area contributed by atoms with Gasteiger partial charge in [-0.15, -0.1) is 0 Å². The quantitative estimate of drug-likeness (QED) is 0.684. The van der Waals surface area contributed by atoms with Crippen LogP contribution in [-0.4, -0.2) is 21.6 Å². The van der Waals surface area contributed by atoms with Crippen LogP contribution >= 0.6 is 0 Å². The highest BCUT2D eigenvalue weighted by Crippen LogP contribution is 2.38. The first-order valence-electron chi connectivity index (χ1n) is 6.97. The predicted octanol–water partition coefficient (Wildman–Crippen LogP) is 2.49. The fourth-order valence-corrected chi connectivity index (χ4v) is 2.91. The topological polar surface area (TPSA) is 108 Å². The second-order valence-corrected chi connectivity index (χ2v) is 5.30. The minimum Gasteiger partial charge on any atom is -0.339 e. The Balaban J connectivity index is 1.88. The molecule has 1 aliphatic rings. The summed E-state index contributed by atoms with van der Waals surface area (Å²) in [6, 6.07) is 6.23. The van der Waals surface area contributed by atoms with Gasteiger partial charge in [-0.05, 0) is 25.3 Å². The van der Waals surface area contributed by atoms with Gasteiger partial charge in [0.15, 0.2) is 0 Å². The van der Waals surface area contributed by atoms with Crippen LogP contribution in [0.4, 0.5) is 5.69 Å². The Hall–Kier alpha value is -2.28. The lowest BCUT2D eigenvalue weighted by Crippen LogP contribution is -2.17. The largest absolute Gasteiger partial charge is 0.339 e. The van der Waals surface area contributed by atoms with Gasteiger partial charge in [0.25, 0.3) is 5.69 Å². The van der Waals surface area contributed by atoms with Crippen molar-refractivity contribution in [1.29, 1.82) is 0 Å². The summed E-state index contributed by atoms with van der Waals surface area (Å²) >= 11 is 0. The van der Waals surface area contributed by atoms with Gasteiger partial charge >= 0.3 is 0 Å². The fraction of sp³-hybridized carbons (Fsp3) is 0.429. The molecule has 2 aromatic rings. The summed E-state index contributed by atoms with van der Waals surface area (Å²) in [6.45, 7) is 0.610. The third-order valence-electron chi connectivity index (χ3n) is 4.04. The predicted molar refractivity (Wildman–Crippen MR) is 75.5 cm³/mol. The average molecular weight is 288 g/mol. The van der Waals surface area contributed by atoms with Gasteiger partial charge in [0.2, 0.25) is 11.7 Å². The van der Waals surface area contributed by atoms with Gasteiger partial charge in [-0.25, -0.2) is 0 Å². The lowest BCUT2D eigenvalue weighted by atomic mass is 9.96. The molecule has 1 aliphatic carbocycles. The van der Waals surface area contributed by atoms with Crippen LogP contribution in [0.3, 0.4) is 0 Å². The number of hydrogen-bond acceptors (Lipinski definition) is 6. The lowest BCUT2D eigenvalue weighted by Gasteiger charge is -2.12. The Labute approximate surface area is 121 Å². The molecule has 0 spiro atoms. The SMILES string of the molecule is NCC1CCCC1c1nc(-c2cccc([N+](=O)[O-])c2)no1. The van der Waals surface area contributed by atoms with E-state index >= 15 is 0 Å². The molecule has 1 saturated carbocycles. The number of nitrogens with zero attached hydrogens (tertiary/aromatic N) is 3. The van der Waals surface area contributed by atoms with Crippen molar-refractivity contribution in [1.82, 2.24) is 10.1 Å². The number of hydrogen-bond donors (Lipinski definition) is 1. The van der Waals surface area contributed by atoms with Gasteiger partial charge in [-0.3, -0.25) is 10.1 Å². The first-order valence-corrected chi connectivity index (χ1v) is 6.97. The highest BCUT2D eigenvalue weighted by molar-refractivity contribution is 5.58. The van der Waals surface area contributed by atoms with Gasteiger partial charge in [0.1, 0.15) is 0 Å². The molecule has 1 fully saturated rings. The maximum absolute atomic E-state index is 10.8. The number of aromatic nitrogens is 2. The number of nitrogens with two attached hydrogens (primary N) is 1. The molecule has 110 valence electrons. The Bertz CT molecular complexity index is 655. The summed E-state index contributed by atoms with van der Waals surface area (Å²) in [5.74, 6) is 1.55. The molecule has 2 atom stereocenters. The molecule has 7 heteroatoms.